The van der Waals surface area contributed by atoms with Gasteiger partial charge in [-0.2, -0.15) is 13.5 Å². The van der Waals surface area contributed by atoms with Crippen molar-refractivity contribution >= 4 is 27.3 Å². The summed E-state index contributed by atoms with van der Waals surface area (Å²) in [5, 5.41) is 3.87. The minimum absolute atomic E-state index is 0.0735. The van der Waals surface area contributed by atoms with E-state index in [0.717, 1.165) is 11.3 Å². The first-order valence-electron chi connectivity index (χ1n) is 8.95. The highest BCUT2D eigenvalue weighted by molar-refractivity contribution is 7.89. The number of hydrogen-bond acceptors (Lipinski definition) is 6. The van der Waals surface area contributed by atoms with E-state index in [1.807, 2.05) is 54.6 Å². The van der Waals surface area contributed by atoms with Crippen LogP contribution in [0.4, 0.5) is 0 Å². The minimum atomic E-state index is -3.94. The van der Waals surface area contributed by atoms with Crippen LogP contribution in [-0.2, 0) is 16.6 Å². The number of hydrogen-bond donors (Lipinski definition) is 2. The molecule has 1 aromatic heterocycles. The van der Waals surface area contributed by atoms with E-state index in [4.69, 9.17) is 9.15 Å². The van der Waals surface area contributed by atoms with E-state index >= 15 is 0 Å². The van der Waals surface area contributed by atoms with Gasteiger partial charge in [-0.1, -0.05) is 42.5 Å². The zero-order chi connectivity index (χ0) is 21.0. The molecule has 1 heterocycles. The van der Waals surface area contributed by atoms with Gasteiger partial charge in [-0.05, 0) is 29.8 Å². The fourth-order valence-electron chi connectivity index (χ4n) is 2.78. The number of rotatable bonds is 7. The SMILES string of the molecule is O=c1[nH]c2ccc(S(=O)(=O)N/N=C/c3ccccc3COc3ccccc3)cc2o1. The van der Waals surface area contributed by atoms with Crippen molar-refractivity contribution in [1.82, 2.24) is 9.82 Å². The van der Waals surface area contributed by atoms with Crippen LogP contribution in [0, 0.1) is 0 Å². The topological polar surface area (TPSA) is 114 Å². The molecular weight excluding hydrogens is 406 g/mol. The Morgan fingerprint density at radius 2 is 1.80 bits per heavy atom. The fourth-order valence-corrected chi connectivity index (χ4v) is 3.59. The van der Waals surface area contributed by atoms with Gasteiger partial charge >= 0.3 is 5.76 Å². The number of hydrazone groups is 1. The molecule has 4 aromatic rings. The van der Waals surface area contributed by atoms with Gasteiger partial charge in [-0.25, -0.2) is 9.63 Å². The van der Waals surface area contributed by atoms with E-state index in [2.05, 4.69) is 14.9 Å². The largest absolute Gasteiger partial charge is 0.489 e. The number of nitrogens with one attached hydrogen (secondary N) is 2. The summed E-state index contributed by atoms with van der Waals surface area (Å²) in [7, 11) is -3.94. The van der Waals surface area contributed by atoms with Gasteiger partial charge < -0.3 is 9.15 Å². The highest BCUT2D eigenvalue weighted by Crippen LogP contribution is 2.17. The maximum absolute atomic E-state index is 12.5. The molecule has 152 valence electrons. The molecule has 0 radical (unpaired) electrons. The quantitative estimate of drug-likeness (QED) is 0.350. The molecule has 0 fully saturated rings. The first-order valence-corrected chi connectivity index (χ1v) is 10.4. The predicted molar refractivity (Wildman–Crippen MR) is 112 cm³/mol. The Balaban J connectivity index is 1.48. The minimum Gasteiger partial charge on any atom is -0.489 e. The first-order chi connectivity index (χ1) is 14.5. The molecule has 0 amide bonds. The van der Waals surface area contributed by atoms with Crippen molar-refractivity contribution in [2.45, 2.75) is 11.5 Å². The van der Waals surface area contributed by atoms with Crippen LogP contribution in [-0.4, -0.2) is 19.6 Å². The van der Waals surface area contributed by atoms with Crippen LogP contribution in [0.2, 0.25) is 0 Å². The Hall–Kier alpha value is -3.85. The number of ether oxygens (including phenoxy) is 1. The summed E-state index contributed by atoms with van der Waals surface area (Å²) in [6, 6.07) is 20.8. The highest BCUT2D eigenvalue weighted by Gasteiger charge is 2.15. The molecule has 0 saturated carbocycles. The van der Waals surface area contributed by atoms with E-state index in [0.29, 0.717) is 17.7 Å². The summed E-state index contributed by atoms with van der Waals surface area (Å²) in [5.74, 6) is 0.0802. The molecule has 0 saturated heterocycles. The van der Waals surface area contributed by atoms with E-state index in [9.17, 15) is 13.2 Å². The smallest absolute Gasteiger partial charge is 0.417 e. The van der Waals surface area contributed by atoms with Gasteiger partial charge in [0.05, 0.1) is 16.6 Å². The number of oxazole rings is 1. The van der Waals surface area contributed by atoms with Crippen LogP contribution < -0.4 is 15.3 Å². The number of sulfonamides is 1. The average molecular weight is 423 g/mol. The summed E-state index contributed by atoms with van der Waals surface area (Å²) < 4.78 is 35.6. The number of aromatic amines is 1. The van der Waals surface area contributed by atoms with Crippen molar-refractivity contribution in [3.8, 4) is 5.75 Å². The van der Waals surface area contributed by atoms with Gasteiger partial charge in [-0.15, -0.1) is 0 Å². The summed E-state index contributed by atoms with van der Waals surface area (Å²) >= 11 is 0. The number of para-hydroxylation sites is 1. The average Bonchev–Trinajstić information content (AvgIpc) is 3.13. The molecule has 0 bridgehead atoms. The van der Waals surface area contributed by atoms with Crippen molar-refractivity contribution in [3.63, 3.8) is 0 Å². The second-order valence-electron chi connectivity index (χ2n) is 6.33. The van der Waals surface area contributed by atoms with Crippen molar-refractivity contribution in [1.29, 1.82) is 0 Å². The van der Waals surface area contributed by atoms with Gasteiger partial charge in [0, 0.05) is 11.6 Å². The molecule has 0 aliphatic heterocycles. The molecule has 0 spiro atoms. The third-order valence-electron chi connectivity index (χ3n) is 4.27. The number of benzene rings is 3. The molecule has 2 N–H and O–H groups in total. The molecule has 4 rings (SSSR count). The third-order valence-corrected chi connectivity index (χ3v) is 5.49. The molecule has 30 heavy (non-hydrogen) atoms. The lowest BCUT2D eigenvalue weighted by Crippen LogP contribution is -2.18. The summed E-state index contributed by atoms with van der Waals surface area (Å²) in [4.78, 5) is 15.8. The Bertz CT molecular complexity index is 1360. The van der Waals surface area contributed by atoms with Gasteiger partial charge in [0.1, 0.15) is 12.4 Å². The van der Waals surface area contributed by atoms with Gasteiger partial charge in [0.25, 0.3) is 10.0 Å². The Morgan fingerprint density at radius 1 is 1.03 bits per heavy atom. The lowest BCUT2D eigenvalue weighted by Gasteiger charge is -2.08. The number of fused-ring (bicyclic) bond motifs is 1. The lowest BCUT2D eigenvalue weighted by molar-refractivity contribution is 0.306. The van der Waals surface area contributed by atoms with Crippen LogP contribution in [0.1, 0.15) is 11.1 Å². The van der Waals surface area contributed by atoms with Crippen molar-refractivity contribution in [3.05, 3.63) is 94.5 Å². The molecule has 0 atom stereocenters. The van der Waals surface area contributed by atoms with Crippen LogP contribution in [0.15, 0.2) is 92.0 Å². The summed E-state index contributed by atoms with van der Waals surface area (Å²) in [5.41, 5.74) is 2.12. The first kappa shape index (κ1) is 19.5. The zero-order valence-corrected chi connectivity index (χ0v) is 16.4. The van der Waals surface area contributed by atoms with Crippen molar-refractivity contribution < 1.29 is 17.6 Å². The van der Waals surface area contributed by atoms with E-state index in [1.165, 1.54) is 24.4 Å². The molecule has 9 heteroatoms. The number of nitrogens with zero attached hydrogens (tertiary/aromatic N) is 1. The number of aromatic nitrogens is 1. The molecular formula is C21H17N3O5S. The second-order valence-corrected chi connectivity index (χ2v) is 7.99. The molecule has 3 aromatic carbocycles. The Labute approximate surface area is 171 Å². The molecule has 0 unspecified atom stereocenters. The Kier molecular flexibility index (Phi) is 5.36. The second kappa shape index (κ2) is 8.26. The molecule has 8 nitrogen and oxygen atoms in total. The van der Waals surface area contributed by atoms with Gasteiger partial charge in [0.15, 0.2) is 5.58 Å². The number of H-pyrrole nitrogens is 1. The van der Waals surface area contributed by atoms with Gasteiger partial charge in [-0.3, -0.25) is 4.98 Å². The Morgan fingerprint density at radius 3 is 2.63 bits per heavy atom. The van der Waals surface area contributed by atoms with Crippen LogP contribution >= 0.6 is 0 Å². The maximum Gasteiger partial charge on any atom is 0.417 e. The standard InChI is InChI=1S/C21H17N3O5S/c25-21-23-19-11-10-18(12-20(19)29-21)30(26,27)24-22-13-15-6-4-5-7-16(15)14-28-17-8-2-1-3-9-17/h1-13,24H,14H2,(H,23,25)/b22-13+. The lowest BCUT2D eigenvalue weighted by atomic mass is 10.1. The fraction of sp³-hybridized carbons (Fsp3) is 0.0476. The van der Waals surface area contributed by atoms with Crippen LogP contribution in [0.5, 0.6) is 5.75 Å². The maximum atomic E-state index is 12.5. The van der Waals surface area contributed by atoms with E-state index < -0.39 is 15.8 Å². The monoisotopic (exact) mass is 423 g/mol. The summed E-state index contributed by atoms with van der Waals surface area (Å²) in [6.07, 6.45) is 1.41. The molecule has 0 aliphatic carbocycles. The third kappa shape index (κ3) is 4.41. The van der Waals surface area contributed by atoms with Crippen LogP contribution in [0.3, 0.4) is 0 Å². The zero-order valence-electron chi connectivity index (χ0n) is 15.6. The molecule has 0 aliphatic rings. The van der Waals surface area contributed by atoms with Crippen molar-refractivity contribution in [2.24, 2.45) is 5.10 Å². The van der Waals surface area contributed by atoms with E-state index in [1.54, 1.807) is 0 Å². The van der Waals surface area contributed by atoms with Gasteiger partial charge in [0.2, 0.25) is 0 Å². The van der Waals surface area contributed by atoms with Crippen molar-refractivity contribution in [2.75, 3.05) is 0 Å². The normalized spacial score (nSPS) is 11.7. The predicted octanol–water partition coefficient (Wildman–Crippen LogP) is 3.01. The van der Waals surface area contributed by atoms with E-state index in [-0.39, 0.29) is 10.5 Å². The highest BCUT2D eigenvalue weighted by atomic mass is 32.2. The summed E-state index contributed by atoms with van der Waals surface area (Å²) in [6.45, 7) is 0.308. The van der Waals surface area contributed by atoms with Crippen LogP contribution in [0.25, 0.3) is 11.1 Å².